The molecule has 1 amide bonds. The van der Waals surface area contributed by atoms with Crippen molar-refractivity contribution in [2.75, 3.05) is 24.5 Å². The maximum atomic E-state index is 13.5. The van der Waals surface area contributed by atoms with Crippen molar-refractivity contribution in [3.05, 3.63) is 76.7 Å². The molecule has 1 aliphatic rings. The zero-order valence-electron chi connectivity index (χ0n) is 20.3. The third-order valence-electron chi connectivity index (χ3n) is 6.68. The van der Waals surface area contributed by atoms with Gasteiger partial charge < -0.3 is 14.8 Å². The molecule has 1 fully saturated rings. The Morgan fingerprint density at radius 3 is 2.54 bits per heavy atom. The van der Waals surface area contributed by atoms with Crippen molar-refractivity contribution in [2.24, 2.45) is 0 Å². The predicted octanol–water partition coefficient (Wildman–Crippen LogP) is 3.85. The molecule has 0 aliphatic carbocycles. The second kappa shape index (κ2) is 9.38. The number of nitrogens with zero attached hydrogens (tertiary/aromatic N) is 5. The lowest BCUT2D eigenvalue weighted by Crippen LogP contribution is -2.55. The number of alkyl halides is 3. The second-order valence-electron chi connectivity index (χ2n) is 9.16. The van der Waals surface area contributed by atoms with Crippen molar-refractivity contribution in [2.45, 2.75) is 32.6 Å². The minimum absolute atomic E-state index is 0.0978. The number of para-hydroxylation sites is 2. The van der Waals surface area contributed by atoms with Crippen molar-refractivity contribution in [3.8, 4) is 11.1 Å². The van der Waals surface area contributed by atoms with Crippen LogP contribution < -0.4 is 10.6 Å². The largest absolute Gasteiger partial charge is 0.416 e. The molecule has 1 unspecified atom stereocenters. The van der Waals surface area contributed by atoms with Crippen LogP contribution in [0.3, 0.4) is 0 Å². The Balaban J connectivity index is 1.39. The number of rotatable bonds is 4. The lowest BCUT2D eigenvalue weighted by atomic mass is 10.0. The topological polar surface area (TPSA) is 87.1 Å². The fraction of sp³-hybridized carbons (Fsp3) is 0.308. The van der Waals surface area contributed by atoms with Gasteiger partial charge in [0, 0.05) is 54.9 Å². The maximum absolute atomic E-state index is 13.5. The Hall–Kier alpha value is -4.15. The van der Waals surface area contributed by atoms with Crippen molar-refractivity contribution in [1.29, 1.82) is 0 Å². The lowest BCUT2D eigenvalue weighted by Gasteiger charge is -2.41. The van der Waals surface area contributed by atoms with E-state index in [0.29, 0.717) is 53.3 Å². The van der Waals surface area contributed by atoms with Crippen molar-refractivity contribution < 1.29 is 18.0 Å². The SMILES string of the molecule is Cc1ncc(-c2cc(C(F)(F)F)ccc2N2CCN(C(=O)Cn3c(=O)[nH]c4ccccc43)C(C)C2)cn1. The van der Waals surface area contributed by atoms with Gasteiger partial charge in [0.1, 0.15) is 12.4 Å². The van der Waals surface area contributed by atoms with Crippen LogP contribution in [0.1, 0.15) is 18.3 Å². The third-order valence-corrected chi connectivity index (χ3v) is 6.68. The molecule has 3 heterocycles. The molecule has 8 nitrogen and oxygen atoms in total. The highest BCUT2D eigenvalue weighted by atomic mass is 19.4. The van der Waals surface area contributed by atoms with E-state index in [4.69, 9.17) is 0 Å². The number of aromatic amines is 1. The Kier molecular flexibility index (Phi) is 6.22. The van der Waals surface area contributed by atoms with Gasteiger partial charge in [-0.1, -0.05) is 12.1 Å². The maximum Gasteiger partial charge on any atom is 0.416 e. The zero-order chi connectivity index (χ0) is 26.3. The van der Waals surface area contributed by atoms with Gasteiger partial charge in [-0.05, 0) is 44.2 Å². The first kappa shape index (κ1) is 24.5. The summed E-state index contributed by atoms with van der Waals surface area (Å²) in [5.41, 5.74) is 1.69. The van der Waals surface area contributed by atoms with Crippen molar-refractivity contribution in [3.63, 3.8) is 0 Å². The standard InChI is InChI=1S/C26H25F3N6O2/c1-16-14-33(9-10-34(16)24(36)15-35-23-6-4-3-5-21(23)32-25(35)37)22-8-7-19(26(27,28)29)11-20(22)18-12-30-17(2)31-13-18/h3-8,11-13,16H,9-10,14-15H2,1-2H3,(H,32,37). The number of halogens is 3. The fourth-order valence-electron chi connectivity index (χ4n) is 4.79. The summed E-state index contributed by atoms with van der Waals surface area (Å²) in [5.74, 6) is 0.325. The number of H-pyrrole nitrogens is 1. The van der Waals surface area contributed by atoms with E-state index in [1.54, 1.807) is 30.0 Å². The molecule has 1 saturated heterocycles. The van der Waals surface area contributed by atoms with Gasteiger partial charge in [-0.15, -0.1) is 0 Å². The number of fused-ring (bicyclic) bond motifs is 1. The van der Waals surface area contributed by atoms with Gasteiger partial charge in [0.2, 0.25) is 5.91 Å². The number of benzene rings is 2. The summed E-state index contributed by atoms with van der Waals surface area (Å²) < 4.78 is 41.9. The smallest absolute Gasteiger partial charge is 0.367 e. The average molecular weight is 511 g/mol. The van der Waals surface area contributed by atoms with E-state index < -0.39 is 11.7 Å². The average Bonchev–Trinajstić information content (AvgIpc) is 3.18. The highest BCUT2D eigenvalue weighted by molar-refractivity contribution is 5.82. The van der Waals surface area contributed by atoms with Gasteiger partial charge in [0.15, 0.2) is 0 Å². The molecule has 192 valence electrons. The molecule has 1 atom stereocenters. The van der Waals surface area contributed by atoms with Crippen LogP contribution in [-0.4, -0.2) is 56.0 Å². The van der Waals surface area contributed by atoms with Crippen LogP contribution in [0.4, 0.5) is 18.9 Å². The number of carbonyl (C=O) groups excluding carboxylic acids is 1. The minimum Gasteiger partial charge on any atom is -0.367 e. The van der Waals surface area contributed by atoms with Crippen LogP contribution in [0, 0.1) is 6.92 Å². The van der Waals surface area contributed by atoms with Crippen LogP contribution in [0.15, 0.2) is 59.7 Å². The summed E-state index contributed by atoms with van der Waals surface area (Å²) in [5, 5.41) is 0. The van der Waals surface area contributed by atoms with Gasteiger partial charge in [-0.3, -0.25) is 9.36 Å². The van der Waals surface area contributed by atoms with Crippen molar-refractivity contribution >= 4 is 22.6 Å². The molecule has 2 aromatic heterocycles. The lowest BCUT2D eigenvalue weighted by molar-refractivity contribution is -0.137. The van der Waals surface area contributed by atoms with Crippen molar-refractivity contribution in [1.82, 2.24) is 24.4 Å². The quantitative estimate of drug-likeness (QED) is 0.451. The molecular formula is C26H25F3N6O2. The molecule has 2 aromatic carbocycles. The zero-order valence-corrected chi connectivity index (χ0v) is 20.3. The third kappa shape index (κ3) is 4.81. The summed E-state index contributed by atoms with van der Waals surface area (Å²) in [6, 6.07) is 10.6. The highest BCUT2D eigenvalue weighted by Crippen LogP contribution is 2.38. The number of nitrogens with one attached hydrogen (secondary N) is 1. The number of imidazole rings is 1. The Bertz CT molecular complexity index is 1510. The van der Waals surface area contributed by atoms with Crippen LogP contribution >= 0.6 is 0 Å². The van der Waals surface area contributed by atoms with Gasteiger partial charge in [-0.2, -0.15) is 13.2 Å². The second-order valence-corrected chi connectivity index (χ2v) is 9.16. The van der Waals surface area contributed by atoms with E-state index in [-0.39, 0.29) is 24.2 Å². The molecule has 0 spiro atoms. The number of carbonyl (C=O) groups is 1. The molecule has 5 rings (SSSR count). The number of hydrogen-bond donors (Lipinski definition) is 1. The van der Waals surface area contributed by atoms with E-state index in [2.05, 4.69) is 15.0 Å². The summed E-state index contributed by atoms with van der Waals surface area (Å²) in [4.78, 5) is 40.3. The molecule has 11 heteroatoms. The summed E-state index contributed by atoms with van der Waals surface area (Å²) in [7, 11) is 0. The first-order valence-electron chi connectivity index (χ1n) is 11.8. The predicted molar refractivity (Wildman–Crippen MR) is 133 cm³/mol. The van der Waals surface area contributed by atoms with Crippen LogP contribution in [0.2, 0.25) is 0 Å². The van der Waals surface area contributed by atoms with E-state index in [1.807, 2.05) is 17.9 Å². The summed E-state index contributed by atoms with van der Waals surface area (Å²) >= 11 is 0. The summed E-state index contributed by atoms with van der Waals surface area (Å²) in [6.07, 6.45) is -1.45. The Morgan fingerprint density at radius 1 is 1.11 bits per heavy atom. The van der Waals surface area contributed by atoms with Crippen LogP contribution in [-0.2, 0) is 17.5 Å². The van der Waals surface area contributed by atoms with E-state index in [1.165, 1.54) is 23.0 Å². The van der Waals surface area contributed by atoms with E-state index >= 15 is 0 Å². The minimum atomic E-state index is -4.49. The molecule has 4 aromatic rings. The monoisotopic (exact) mass is 510 g/mol. The number of amides is 1. The molecule has 1 N–H and O–H groups in total. The molecule has 0 bridgehead atoms. The molecule has 0 radical (unpaired) electrons. The van der Waals surface area contributed by atoms with Gasteiger partial charge in [-0.25, -0.2) is 14.8 Å². The number of anilines is 1. The molecule has 37 heavy (non-hydrogen) atoms. The van der Waals surface area contributed by atoms with Gasteiger partial charge >= 0.3 is 11.9 Å². The Labute approximate surface area is 210 Å². The van der Waals surface area contributed by atoms with Gasteiger partial charge in [0.25, 0.3) is 0 Å². The normalized spacial score (nSPS) is 16.4. The van der Waals surface area contributed by atoms with E-state index in [9.17, 15) is 22.8 Å². The first-order chi connectivity index (χ1) is 17.6. The molecular weight excluding hydrogens is 485 g/mol. The van der Waals surface area contributed by atoms with E-state index in [0.717, 1.165) is 12.1 Å². The number of aromatic nitrogens is 4. The number of aryl methyl sites for hydroxylation is 1. The molecule has 0 saturated carbocycles. The first-order valence-corrected chi connectivity index (χ1v) is 11.8. The van der Waals surface area contributed by atoms with Gasteiger partial charge in [0.05, 0.1) is 16.6 Å². The Morgan fingerprint density at radius 2 is 1.84 bits per heavy atom. The number of hydrogen-bond acceptors (Lipinski definition) is 5. The van der Waals surface area contributed by atoms with Crippen LogP contribution in [0.25, 0.3) is 22.2 Å². The summed E-state index contributed by atoms with van der Waals surface area (Å²) in [6.45, 7) is 4.70. The number of piperazine rings is 1. The fourth-order valence-corrected chi connectivity index (χ4v) is 4.79. The highest BCUT2D eigenvalue weighted by Gasteiger charge is 2.33. The van der Waals surface area contributed by atoms with Crippen LogP contribution in [0.5, 0.6) is 0 Å². The molecule has 1 aliphatic heterocycles.